The van der Waals surface area contributed by atoms with Crippen molar-refractivity contribution in [3.05, 3.63) is 23.2 Å². The van der Waals surface area contributed by atoms with E-state index >= 15 is 0 Å². The largest absolute Gasteiger partial charge is 0.390 e. The molecule has 0 aliphatic rings. The highest BCUT2D eigenvalue weighted by Gasteiger charge is 2.10. The molecule has 1 aromatic heterocycles. The molecule has 1 rings (SSSR count). The first-order chi connectivity index (χ1) is 8.99. The molecule has 3 N–H and O–H groups in total. The van der Waals surface area contributed by atoms with Crippen molar-refractivity contribution < 1.29 is 9.90 Å². The molecular weight excluding hydrogens is 268 g/mol. The normalized spacial score (nSPS) is 12.5. The summed E-state index contributed by atoms with van der Waals surface area (Å²) in [6.07, 6.45) is 2.03. The summed E-state index contributed by atoms with van der Waals surface area (Å²) in [6, 6.07) is 0. The smallest absolute Gasteiger partial charge is 0.271 e. The summed E-state index contributed by atoms with van der Waals surface area (Å²) >= 11 is 5.64. The Morgan fingerprint density at radius 2 is 2.11 bits per heavy atom. The number of aliphatic hydroxyl groups is 1. The van der Waals surface area contributed by atoms with Gasteiger partial charge in [-0.3, -0.25) is 9.78 Å². The van der Waals surface area contributed by atoms with Crippen LogP contribution in [0.1, 0.15) is 24.3 Å². The van der Waals surface area contributed by atoms with Gasteiger partial charge >= 0.3 is 0 Å². The zero-order valence-electron chi connectivity index (χ0n) is 11.1. The summed E-state index contributed by atoms with van der Waals surface area (Å²) in [5, 5.41) is 15.5. The highest BCUT2D eigenvalue weighted by atomic mass is 35.5. The maximum atomic E-state index is 11.7. The number of nitrogens with zero attached hydrogens (tertiary/aromatic N) is 2. The average molecular weight is 287 g/mol. The van der Waals surface area contributed by atoms with Gasteiger partial charge in [-0.15, -0.1) is 0 Å². The third-order valence-corrected chi connectivity index (χ3v) is 2.45. The molecule has 19 heavy (non-hydrogen) atoms. The summed E-state index contributed by atoms with van der Waals surface area (Å²) in [6.45, 7) is 5.57. The molecule has 6 nitrogen and oxygen atoms in total. The van der Waals surface area contributed by atoms with E-state index in [2.05, 4.69) is 34.4 Å². The monoisotopic (exact) mass is 286 g/mol. The van der Waals surface area contributed by atoms with Crippen molar-refractivity contribution in [1.82, 2.24) is 20.6 Å². The number of hydrogen-bond acceptors (Lipinski definition) is 5. The van der Waals surface area contributed by atoms with Gasteiger partial charge in [0.1, 0.15) is 10.8 Å². The van der Waals surface area contributed by atoms with E-state index in [0.717, 1.165) is 6.54 Å². The van der Waals surface area contributed by atoms with Crippen LogP contribution in [0.4, 0.5) is 0 Å². The van der Waals surface area contributed by atoms with Crippen molar-refractivity contribution in [2.24, 2.45) is 5.92 Å². The maximum absolute atomic E-state index is 11.7. The Morgan fingerprint density at radius 3 is 2.74 bits per heavy atom. The fourth-order valence-corrected chi connectivity index (χ4v) is 1.51. The van der Waals surface area contributed by atoms with Crippen LogP contribution in [0.5, 0.6) is 0 Å². The number of hydrogen-bond donors (Lipinski definition) is 3. The van der Waals surface area contributed by atoms with E-state index in [9.17, 15) is 9.90 Å². The molecule has 7 heteroatoms. The topological polar surface area (TPSA) is 87.1 Å². The molecule has 1 atom stereocenters. The van der Waals surface area contributed by atoms with Gasteiger partial charge in [-0.2, -0.15) is 0 Å². The summed E-state index contributed by atoms with van der Waals surface area (Å²) in [5.41, 5.74) is 0.134. The summed E-state index contributed by atoms with van der Waals surface area (Å²) in [4.78, 5) is 19.3. The number of carbonyl (C=O) groups excluding carboxylic acids is 1. The quantitative estimate of drug-likeness (QED) is 0.678. The Bertz CT molecular complexity index is 414. The first kappa shape index (κ1) is 15.8. The van der Waals surface area contributed by atoms with E-state index in [4.69, 9.17) is 11.6 Å². The van der Waals surface area contributed by atoms with Crippen LogP contribution < -0.4 is 10.6 Å². The fraction of sp³-hybridized carbons (Fsp3) is 0.583. The van der Waals surface area contributed by atoms with Gasteiger partial charge in [0.2, 0.25) is 0 Å². The van der Waals surface area contributed by atoms with Crippen molar-refractivity contribution in [3.8, 4) is 0 Å². The molecule has 0 fully saturated rings. The van der Waals surface area contributed by atoms with Crippen LogP contribution in [0.3, 0.4) is 0 Å². The van der Waals surface area contributed by atoms with E-state index in [1.807, 2.05) is 0 Å². The van der Waals surface area contributed by atoms with Crippen molar-refractivity contribution >= 4 is 17.5 Å². The molecule has 1 heterocycles. The minimum absolute atomic E-state index is 0.134. The standard InChI is InChI=1S/C12H19ClN4O2/c1-8(2)3-14-4-9(18)5-16-12(19)10-6-15-7-11(13)17-10/h6-9,14,18H,3-5H2,1-2H3,(H,16,19). The lowest BCUT2D eigenvalue weighted by molar-refractivity contribution is 0.0909. The van der Waals surface area contributed by atoms with E-state index in [-0.39, 0.29) is 17.4 Å². The molecule has 0 radical (unpaired) electrons. The number of carbonyl (C=O) groups is 1. The van der Waals surface area contributed by atoms with Crippen LogP contribution in [-0.2, 0) is 0 Å². The lowest BCUT2D eigenvalue weighted by atomic mass is 10.2. The predicted molar refractivity (Wildman–Crippen MR) is 73.1 cm³/mol. The van der Waals surface area contributed by atoms with Crippen LogP contribution in [0, 0.1) is 5.92 Å². The Kier molecular flexibility index (Phi) is 6.69. The van der Waals surface area contributed by atoms with Gasteiger partial charge in [0.15, 0.2) is 0 Å². The second-order valence-electron chi connectivity index (χ2n) is 4.64. The van der Waals surface area contributed by atoms with E-state index in [0.29, 0.717) is 12.5 Å². The molecule has 1 amide bonds. The predicted octanol–water partition coefficient (Wildman–Crippen LogP) is 0.466. The maximum Gasteiger partial charge on any atom is 0.271 e. The Morgan fingerprint density at radius 1 is 1.37 bits per heavy atom. The van der Waals surface area contributed by atoms with Crippen LogP contribution in [-0.4, -0.2) is 46.7 Å². The summed E-state index contributed by atoms with van der Waals surface area (Å²) in [5.74, 6) is 0.112. The molecule has 0 spiro atoms. The molecular formula is C12H19ClN4O2. The van der Waals surface area contributed by atoms with Gasteiger partial charge in [0.05, 0.1) is 18.5 Å². The van der Waals surface area contributed by atoms with Gasteiger partial charge in [-0.25, -0.2) is 4.98 Å². The van der Waals surface area contributed by atoms with Gasteiger partial charge in [-0.1, -0.05) is 25.4 Å². The zero-order chi connectivity index (χ0) is 14.3. The Labute approximate surface area is 117 Å². The molecule has 1 unspecified atom stereocenters. The second kappa shape index (κ2) is 8.04. The average Bonchev–Trinajstić information content (AvgIpc) is 2.35. The van der Waals surface area contributed by atoms with Crippen molar-refractivity contribution in [2.45, 2.75) is 20.0 Å². The number of aromatic nitrogens is 2. The highest BCUT2D eigenvalue weighted by molar-refractivity contribution is 6.29. The van der Waals surface area contributed by atoms with Crippen LogP contribution in [0.15, 0.2) is 12.4 Å². The van der Waals surface area contributed by atoms with Crippen molar-refractivity contribution in [1.29, 1.82) is 0 Å². The number of amides is 1. The molecule has 0 aliphatic heterocycles. The van der Waals surface area contributed by atoms with Crippen LogP contribution in [0.25, 0.3) is 0 Å². The van der Waals surface area contributed by atoms with Gasteiger partial charge < -0.3 is 15.7 Å². The first-order valence-corrected chi connectivity index (χ1v) is 6.51. The number of aliphatic hydroxyl groups excluding tert-OH is 1. The van der Waals surface area contributed by atoms with E-state index in [1.54, 1.807) is 0 Å². The Hall–Kier alpha value is -1.24. The van der Waals surface area contributed by atoms with E-state index < -0.39 is 12.0 Å². The summed E-state index contributed by atoms with van der Waals surface area (Å²) < 4.78 is 0. The first-order valence-electron chi connectivity index (χ1n) is 6.13. The SMILES string of the molecule is CC(C)CNCC(O)CNC(=O)c1cncc(Cl)n1. The van der Waals surface area contributed by atoms with Gasteiger partial charge in [-0.05, 0) is 12.5 Å². The summed E-state index contributed by atoms with van der Waals surface area (Å²) in [7, 11) is 0. The van der Waals surface area contributed by atoms with Crippen LogP contribution in [0.2, 0.25) is 5.15 Å². The van der Waals surface area contributed by atoms with Crippen molar-refractivity contribution in [3.63, 3.8) is 0 Å². The molecule has 106 valence electrons. The Balaban J connectivity index is 2.30. The third-order valence-electron chi connectivity index (χ3n) is 2.27. The molecule has 0 bridgehead atoms. The molecule has 0 saturated carbocycles. The molecule has 0 aromatic carbocycles. The van der Waals surface area contributed by atoms with Gasteiger partial charge in [0, 0.05) is 13.1 Å². The van der Waals surface area contributed by atoms with Crippen molar-refractivity contribution in [2.75, 3.05) is 19.6 Å². The lowest BCUT2D eigenvalue weighted by Gasteiger charge is -2.13. The highest BCUT2D eigenvalue weighted by Crippen LogP contribution is 2.02. The van der Waals surface area contributed by atoms with Crippen LogP contribution >= 0.6 is 11.6 Å². The number of halogens is 1. The third kappa shape index (κ3) is 6.47. The molecule has 1 aromatic rings. The molecule has 0 aliphatic carbocycles. The number of nitrogens with one attached hydrogen (secondary N) is 2. The lowest BCUT2D eigenvalue weighted by Crippen LogP contribution is -2.39. The zero-order valence-corrected chi connectivity index (χ0v) is 11.8. The fourth-order valence-electron chi connectivity index (χ4n) is 1.36. The minimum atomic E-state index is -0.644. The second-order valence-corrected chi connectivity index (χ2v) is 5.03. The van der Waals surface area contributed by atoms with Gasteiger partial charge in [0.25, 0.3) is 5.91 Å². The minimum Gasteiger partial charge on any atom is -0.390 e. The number of rotatable bonds is 7. The molecule has 0 saturated heterocycles. The van der Waals surface area contributed by atoms with E-state index in [1.165, 1.54) is 12.4 Å².